The molecule has 0 unspecified atom stereocenters. The summed E-state index contributed by atoms with van der Waals surface area (Å²) in [5.74, 6) is 0.715. The van der Waals surface area contributed by atoms with Crippen molar-refractivity contribution in [2.45, 2.75) is 0 Å². The smallest absolute Gasteiger partial charge is 0.171 e. The van der Waals surface area contributed by atoms with Gasteiger partial charge in [0.15, 0.2) is 17.8 Å². The minimum absolute atomic E-state index is 0.300. The Balaban J connectivity index is 3.38. The topological polar surface area (TPSA) is 52.6 Å². The van der Waals surface area contributed by atoms with Gasteiger partial charge in [-0.3, -0.25) is 9.59 Å². The van der Waals surface area contributed by atoms with E-state index in [1.807, 2.05) is 0 Å². The van der Waals surface area contributed by atoms with E-state index in [2.05, 4.69) is 0 Å². The minimum atomic E-state index is 0.300. The molecule has 0 spiro atoms. The van der Waals surface area contributed by atoms with E-state index in [0.29, 0.717) is 35.2 Å². The molecule has 1 rings (SSSR count). The van der Waals surface area contributed by atoms with Gasteiger partial charge in [-0.25, -0.2) is 0 Å². The summed E-state index contributed by atoms with van der Waals surface area (Å²) in [4.78, 5) is 21.2. The molecule has 0 aromatic heterocycles. The lowest BCUT2D eigenvalue weighted by Gasteiger charge is -2.09. The second kappa shape index (κ2) is 4.41. The first-order valence-electron chi connectivity index (χ1n) is 3.93. The summed E-state index contributed by atoms with van der Waals surface area (Å²) >= 11 is 0. The fourth-order valence-corrected chi connectivity index (χ4v) is 1.17. The molecule has 1 aromatic carbocycles. The number of aldehydes is 2. The van der Waals surface area contributed by atoms with Crippen LogP contribution in [0.25, 0.3) is 0 Å². The number of ether oxygens (including phenoxy) is 2. The van der Waals surface area contributed by atoms with Crippen LogP contribution in [0.15, 0.2) is 12.1 Å². The van der Waals surface area contributed by atoms with E-state index >= 15 is 0 Å². The van der Waals surface area contributed by atoms with E-state index < -0.39 is 0 Å². The molecule has 14 heavy (non-hydrogen) atoms. The molecule has 0 aliphatic carbocycles. The third-order valence-corrected chi connectivity index (χ3v) is 1.79. The molecule has 0 fully saturated rings. The van der Waals surface area contributed by atoms with Gasteiger partial charge in [-0.2, -0.15) is 0 Å². The third-order valence-electron chi connectivity index (χ3n) is 1.79. The number of benzene rings is 1. The van der Waals surface area contributed by atoms with Gasteiger partial charge in [-0.05, 0) is 12.1 Å². The first kappa shape index (κ1) is 10.2. The Kier molecular flexibility index (Phi) is 3.23. The van der Waals surface area contributed by atoms with Crippen molar-refractivity contribution in [3.63, 3.8) is 0 Å². The van der Waals surface area contributed by atoms with Crippen LogP contribution in [0, 0.1) is 0 Å². The number of rotatable bonds is 4. The summed E-state index contributed by atoms with van der Waals surface area (Å²) in [7, 11) is 2.88. The molecule has 0 amide bonds. The molecule has 1 aromatic rings. The van der Waals surface area contributed by atoms with E-state index in [1.54, 1.807) is 0 Å². The van der Waals surface area contributed by atoms with E-state index in [4.69, 9.17) is 9.47 Å². The Bertz CT molecular complexity index is 357. The zero-order valence-corrected chi connectivity index (χ0v) is 7.94. The maximum absolute atomic E-state index is 10.7. The van der Waals surface area contributed by atoms with Crippen molar-refractivity contribution < 1.29 is 19.1 Å². The van der Waals surface area contributed by atoms with Gasteiger partial charge in [-0.1, -0.05) is 0 Å². The fourth-order valence-electron chi connectivity index (χ4n) is 1.17. The molecular weight excluding hydrogens is 184 g/mol. The number of carbonyl (C=O) groups is 2. The zero-order chi connectivity index (χ0) is 10.6. The average molecular weight is 194 g/mol. The number of hydrogen-bond donors (Lipinski definition) is 0. The van der Waals surface area contributed by atoms with E-state index in [0.717, 1.165) is 0 Å². The second-order valence-electron chi connectivity index (χ2n) is 2.58. The van der Waals surface area contributed by atoms with Gasteiger partial charge in [0.1, 0.15) is 6.29 Å². The van der Waals surface area contributed by atoms with Gasteiger partial charge in [0.25, 0.3) is 0 Å². The monoisotopic (exact) mass is 194 g/mol. The van der Waals surface area contributed by atoms with Gasteiger partial charge in [0.05, 0.1) is 19.8 Å². The molecule has 0 atom stereocenters. The standard InChI is InChI=1S/C10H10O4/c1-13-9-4-7(5-11)3-8(6-12)10(9)14-2/h3-6H,1-2H3. The van der Waals surface area contributed by atoms with Crippen LogP contribution >= 0.6 is 0 Å². The van der Waals surface area contributed by atoms with Crippen molar-refractivity contribution in [3.8, 4) is 11.5 Å². The maximum Gasteiger partial charge on any atom is 0.171 e. The van der Waals surface area contributed by atoms with Gasteiger partial charge in [0.2, 0.25) is 0 Å². The third kappa shape index (κ3) is 1.74. The Morgan fingerprint density at radius 3 is 2.21 bits per heavy atom. The van der Waals surface area contributed by atoms with Crippen molar-refractivity contribution in [2.24, 2.45) is 0 Å². The summed E-state index contributed by atoms with van der Waals surface area (Å²) in [6.45, 7) is 0. The van der Waals surface area contributed by atoms with Crippen LogP contribution in [-0.2, 0) is 0 Å². The van der Waals surface area contributed by atoms with E-state index in [1.165, 1.54) is 26.4 Å². The van der Waals surface area contributed by atoms with Crippen LogP contribution < -0.4 is 9.47 Å². The van der Waals surface area contributed by atoms with Crippen LogP contribution in [-0.4, -0.2) is 26.8 Å². The van der Waals surface area contributed by atoms with Gasteiger partial charge in [-0.15, -0.1) is 0 Å². The highest BCUT2D eigenvalue weighted by Crippen LogP contribution is 2.30. The second-order valence-corrected chi connectivity index (χ2v) is 2.58. The summed E-state index contributed by atoms with van der Waals surface area (Å²) in [5.41, 5.74) is 0.679. The van der Waals surface area contributed by atoms with Crippen molar-refractivity contribution in [1.29, 1.82) is 0 Å². The first-order chi connectivity index (χ1) is 6.76. The number of methoxy groups -OCH3 is 2. The lowest BCUT2D eigenvalue weighted by Crippen LogP contribution is -1.97. The molecule has 4 heteroatoms. The molecule has 4 nitrogen and oxygen atoms in total. The zero-order valence-electron chi connectivity index (χ0n) is 7.94. The molecule has 0 N–H and O–H groups in total. The number of carbonyl (C=O) groups excluding carboxylic acids is 2. The molecule has 0 saturated carbocycles. The fraction of sp³-hybridized carbons (Fsp3) is 0.200. The summed E-state index contributed by atoms with van der Waals surface area (Å²) in [6, 6.07) is 2.96. The molecule has 0 heterocycles. The van der Waals surface area contributed by atoms with Crippen LogP contribution in [0.3, 0.4) is 0 Å². The molecule has 0 radical (unpaired) electrons. The SMILES string of the molecule is COc1cc(C=O)cc(C=O)c1OC. The predicted molar refractivity (Wildman–Crippen MR) is 50.3 cm³/mol. The Morgan fingerprint density at radius 1 is 1.07 bits per heavy atom. The van der Waals surface area contributed by atoms with Crippen LogP contribution in [0.2, 0.25) is 0 Å². The molecule has 0 aliphatic heterocycles. The van der Waals surface area contributed by atoms with Crippen molar-refractivity contribution >= 4 is 12.6 Å². The van der Waals surface area contributed by atoms with E-state index in [9.17, 15) is 9.59 Å². The normalized spacial score (nSPS) is 9.29. The summed E-state index contributed by atoms with van der Waals surface area (Å²) < 4.78 is 9.96. The first-order valence-corrected chi connectivity index (χ1v) is 3.93. The van der Waals surface area contributed by atoms with Crippen molar-refractivity contribution in [2.75, 3.05) is 14.2 Å². The Labute approximate surface area is 81.4 Å². The predicted octanol–water partition coefficient (Wildman–Crippen LogP) is 1.33. The maximum atomic E-state index is 10.7. The minimum Gasteiger partial charge on any atom is -0.493 e. The Hall–Kier alpha value is -1.84. The van der Waals surface area contributed by atoms with Gasteiger partial charge < -0.3 is 9.47 Å². The van der Waals surface area contributed by atoms with Crippen LogP contribution in [0.5, 0.6) is 11.5 Å². The van der Waals surface area contributed by atoms with E-state index in [-0.39, 0.29) is 0 Å². The molecular formula is C10H10O4. The lowest BCUT2D eigenvalue weighted by atomic mass is 10.1. The molecule has 0 aliphatic rings. The summed E-state index contributed by atoms with van der Waals surface area (Å²) in [5, 5.41) is 0. The van der Waals surface area contributed by atoms with Gasteiger partial charge >= 0.3 is 0 Å². The molecule has 74 valence electrons. The van der Waals surface area contributed by atoms with Crippen LogP contribution in [0.1, 0.15) is 20.7 Å². The average Bonchev–Trinajstić information content (AvgIpc) is 2.26. The van der Waals surface area contributed by atoms with Gasteiger partial charge in [0, 0.05) is 5.56 Å². The number of hydrogen-bond acceptors (Lipinski definition) is 4. The molecule has 0 bridgehead atoms. The van der Waals surface area contributed by atoms with Crippen molar-refractivity contribution in [1.82, 2.24) is 0 Å². The summed E-state index contributed by atoms with van der Waals surface area (Å²) in [6.07, 6.45) is 1.27. The lowest BCUT2D eigenvalue weighted by molar-refractivity contribution is 0.111. The quantitative estimate of drug-likeness (QED) is 0.678. The van der Waals surface area contributed by atoms with Crippen molar-refractivity contribution in [3.05, 3.63) is 23.3 Å². The Morgan fingerprint density at radius 2 is 1.79 bits per heavy atom. The largest absolute Gasteiger partial charge is 0.493 e. The highest BCUT2D eigenvalue weighted by molar-refractivity contribution is 5.87. The highest BCUT2D eigenvalue weighted by Gasteiger charge is 2.11. The molecule has 0 saturated heterocycles. The highest BCUT2D eigenvalue weighted by atomic mass is 16.5. The van der Waals surface area contributed by atoms with Crippen LogP contribution in [0.4, 0.5) is 0 Å².